The topological polar surface area (TPSA) is 47.3 Å². The van der Waals surface area contributed by atoms with Crippen LogP contribution >= 0.6 is 0 Å². The summed E-state index contributed by atoms with van der Waals surface area (Å²) >= 11 is 0. The number of piperidine rings is 1. The molecule has 0 aromatic rings. The predicted octanol–water partition coefficient (Wildman–Crippen LogP) is 1.48. The molecule has 1 saturated heterocycles. The SMILES string of the molecule is CN1CCC(CN(C)C(=O)C2(C#N)CCC2)CC1. The van der Waals surface area contributed by atoms with Crippen LogP contribution in [0.25, 0.3) is 0 Å². The highest BCUT2D eigenvalue weighted by Gasteiger charge is 2.46. The summed E-state index contributed by atoms with van der Waals surface area (Å²) in [5.74, 6) is 0.654. The van der Waals surface area contributed by atoms with Crippen LogP contribution in [0.1, 0.15) is 32.1 Å². The molecule has 100 valence electrons. The molecule has 0 unspecified atom stereocenters. The summed E-state index contributed by atoms with van der Waals surface area (Å²) in [5, 5.41) is 9.19. The first-order valence-electron chi connectivity index (χ1n) is 6.93. The van der Waals surface area contributed by atoms with E-state index in [1.54, 1.807) is 4.90 Å². The van der Waals surface area contributed by atoms with Crippen LogP contribution in [-0.4, -0.2) is 49.4 Å². The lowest BCUT2D eigenvalue weighted by molar-refractivity contribution is -0.142. The standard InChI is InChI=1S/C14H23N3O/c1-16-8-4-12(5-9-16)10-17(2)13(18)14(11-15)6-3-7-14/h12H,3-10H2,1-2H3. The van der Waals surface area contributed by atoms with E-state index in [4.69, 9.17) is 0 Å². The van der Waals surface area contributed by atoms with Crippen LogP contribution in [-0.2, 0) is 4.79 Å². The number of carbonyl (C=O) groups excluding carboxylic acids is 1. The van der Waals surface area contributed by atoms with E-state index in [9.17, 15) is 10.1 Å². The van der Waals surface area contributed by atoms with Gasteiger partial charge in [-0.3, -0.25) is 4.79 Å². The lowest BCUT2D eigenvalue weighted by atomic mass is 9.69. The third kappa shape index (κ3) is 2.51. The van der Waals surface area contributed by atoms with Crippen molar-refractivity contribution >= 4 is 5.91 Å². The molecule has 0 N–H and O–H groups in total. The minimum absolute atomic E-state index is 0.0511. The van der Waals surface area contributed by atoms with Gasteiger partial charge in [0.15, 0.2) is 0 Å². The van der Waals surface area contributed by atoms with E-state index >= 15 is 0 Å². The van der Waals surface area contributed by atoms with Gasteiger partial charge in [-0.2, -0.15) is 5.26 Å². The Balaban J connectivity index is 1.86. The lowest BCUT2D eigenvalue weighted by Gasteiger charge is -2.38. The second-order valence-corrected chi connectivity index (χ2v) is 5.98. The van der Waals surface area contributed by atoms with E-state index in [1.165, 1.54) is 0 Å². The van der Waals surface area contributed by atoms with Gasteiger partial charge in [0.05, 0.1) is 6.07 Å². The Labute approximate surface area is 110 Å². The van der Waals surface area contributed by atoms with Gasteiger partial charge >= 0.3 is 0 Å². The van der Waals surface area contributed by atoms with E-state index in [-0.39, 0.29) is 5.91 Å². The second kappa shape index (κ2) is 5.27. The van der Waals surface area contributed by atoms with E-state index in [0.717, 1.165) is 51.7 Å². The van der Waals surface area contributed by atoms with Gasteiger partial charge in [-0.05, 0) is 58.2 Å². The summed E-state index contributed by atoms with van der Waals surface area (Å²) in [5.41, 5.74) is -0.680. The Kier molecular flexibility index (Phi) is 3.91. The van der Waals surface area contributed by atoms with Crippen molar-refractivity contribution < 1.29 is 4.79 Å². The van der Waals surface area contributed by atoms with Crippen LogP contribution in [0.4, 0.5) is 0 Å². The Morgan fingerprint density at radius 1 is 1.44 bits per heavy atom. The third-order valence-corrected chi connectivity index (χ3v) is 4.55. The first-order chi connectivity index (χ1) is 8.57. The summed E-state index contributed by atoms with van der Waals surface area (Å²) < 4.78 is 0. The van der Waals surface area contributed by atoms with Gasteiger partial charge < -0.3 is 9.80 Å². The van der Waals surface area contributed by atoms with E-state index in [0.29, 0.717) is 5.92 Å². The molecule has 0 radical (unpaired) electrons. The quantitative estimate of drug-likeness (QED) is 0.761. The first kappa shape index (κ1) is 13.4. The largest absolute Gasteiger partial charge is 0.344 e. The molecule has 2 fully saturated rings. The van der Waals surface area contributed by atoms with Crippen molar-refractivity contribution in [2.45, 2.75) is 32.1 Å². The number of carbonyl (C=O) groups is 1. The normalized spacial score (nSPS) is 24.1. The van der Waals surface area contributed by atoms with Crippen molar-refractivity contribution in [1.29, 1.82) is 5.26 Å². The molecule has 0 aromatic heterocycles. The number of likely N-dealkylation sites (tertiary alicyclic amines) is 1. The molecule has 2 aliphatic rings. The smallest absolute Gasteiger partial charge is 0.242 e. The maximum absolute atomic E-state index is 12.3. The summed E-state index contributed by atoms with van der Waals surface area (Å²) in [4.78, 5) is 16.4. The molecule has 0 aromatic carbocycles. The number of nitriles is 1. The van der Waals surface area contributed by atoms with Crippen molar-refractivity contribution in [3.63, 3.8) is 0 Å². The molecule has 1 saturated carbocycles. The predicted molar refractivity (Wildman–Crippen MR) is 69.8 cm³/mol. The van der Waals surface area contributed by atoms with Crippen LogP contribution in [0.2, 0.25) is 0 Å². The molecule has 4 nitrogen and oxygen atoms in total. The highest BCUT2D eigenvalue weighted by atomic mass is 16.2. The van der Waals surface area contributed by atoms with Crippen LogP contribution in [0.5, 0.6) is 0 Å². The maximum atomic E-state index is 12.3. The molecule has 2 rings (SSSR count). The summed E-state index contributed by atoms with van der Waals surface area (Å²) in [6.45, 7) is 3.06. The fourth-order valence-electron chi connectivity index (χ4n) is 2.98. The molecule has 4 heteroatoms. The molecule has 0 spiro atoms. The molecule has 0 atom stereocenters. The zero-order valence-corrected chi connectivity index (χ0v) is 11.5. The van der Waals surface area contributed by atoms with Gasteiger partial charge in [-0.25, -0.2) is 0 Å². The zero-order valence-electron chi connectivity index (χ0n) is 11.5. The van der Waals surface area contributed by atoms with Gasteiger partial charge in [-0.1, -0.05) is 0 Å². The molecule has 1 heterocycles. The Morgan fingerprint density at radius 3 is 2.50 bits per heavy atom. The molecular weight excluding hydrogens is 226 g/mol. The van der Waals surface area contributed by atoms with Crippen molar-refractivity contribution in [3.05, 3.63) is 0 Å². The highest BCUT2D eigenvalue weighted by molar-refractivity contribution is 5.86. The monoisotopic (exact) mass is 249 g/mol. The number of hydrogen-bond donors (Lipinski definition) is 0. The minimum atomic E-state index is -0.680. The minimum Gasteiger partial charge on any atom is -0.344 e. The average Bonchev–Trinajstić information content (AvgIpc) is 2.31. The molecule has 18 heavy (non-hydrogen) atoms. The molecule has 1 amide bonds. The number of amides is 1. The fourth-order valence-corrected chi connectivity index (χ4v) is 2.98. The molecule has 0 bridgehead atoms. The highest BCUT2D eigenvalue weighted by Crippen LogP contribution is 2.41. The summed E-state index contributed by atoms with van der Waals surface area (Å²) in [7, 11) is 4.00. The van der Waals surface area contributed by atoms with Crippen molar-refractivity contribution in [2.24, 2.45) is 11.3 Å². The van der Waals surface area contributed by atoms with Gasteiger partial charge in [0.25, 0.3) is 0 Å². The summed E-state index contributed by atoms with van der Waals surface area (Å²) in [6.07, 6.45) is 4.84. The van der Waals surface area contributed by atoms with Gasteiger partial charge in [0.2, 0.25) is 5.91 Å². The van der Waals surface area contributed by atoms with Crippen molar-refractivity contribution in [3.8, 4) is 6.07 Å². The van der Waals surface area contributed by atoms with Crippen molar-refractivity contribution in [2.75, 3.05) is 33.7 Å². The number of hydrogen-bond acceptors (Lipinski definition) is 3. The molecule has 1 aliphatic heterocycles. The van der Waals surface area contributed by atoms with Gasteiger partial charge in [-0.15, -0.1) is 0 Å². The molecular formula is C14H23N3O. The van der Waals surface area contributed by atoms with E-state index in [2.05, 4.69) is 18.0 Å². The molecule has 1 aliphatic carbocycles. The van der Waals surface area contributed by atoms with Crippen LogP contribution < -0.4 is 0 Å². The maximum Gasteiger partial charge on any atom is 0.242 e. The van der Waals surface area contributed by atoms with E-state index < -0.39 is 5.41 Å². The van der Waals surface area contributed by atoms with Crippen LogP contribution in [0.15, 0.2) is 0 Å². The van der Waals surface area contributed by atoms with Crippen molar-refractivity contribution in [1.82, 2.24) is 9.80 Å². The Bertz CT molecular complexity index is 349. The zero-order chi connectivity index (χ0) is 13.2. The number of rotatable bonds is 3. The third-order valence-electron chi connectivity index (χ3n) is 4.55. The summed E-state index contributed by atoms with van der Waals surface area (Å²) in [6, 6.07) is 2.24. The van der Waals surface area contributed by atoms with Gasteiger partial charge in [0.1, 0.15) is 5.41 Å². The fraction of sp³-hybridized carbons (Fsp3) is 0.857. The first-order valence-corrected chi connectivity index (χ1v) is 6.93. The lowest BCUT2D eigenvalue weighted by Crippen LogP contribution is -2.47. The Morgan fingerprint density at radius 2 is 2.06 bits per heavy atom. The van der Waals surface area contributed by atoms with Crippen LogP contribution in [0.3, 0.4) is 0 Å². The van der Waals surface area contributed by atoms with E-state index in [1.807, 2.05) is 7.05 Å². The Hall–Kier alpha value is -1.08. The van der Waals surface area contributed by atoms with Crippen LogP contribution in [0, 0.1) is 22.7 Å². The van der Waals surface area contributed by atoms with Gasteiger partial charge in [0, 0.05) is 13.6 Å². The second-order valence-electron chi connectivity index (χ2n) is 5.98. The number of nitrogens with zero attached hydrogens (tertiary/aromatic N) is 3. The average molecular weight is 249 g/mol.